The van der Waals surface area contributed by atoms with Crippen LogP contribution >= 0.6 is 23.4 Å². The first-order chi connectivity index (χ1) is 10.9. The molecule has 1 heterocycles. The highest BCUT2D eigenvalue weighted by atomic mass is 35.5. The predicted octanol–water partition coefficient (Wildman–Crippen LogP) is 4.09. The third kappa shape index (κ3) is 2.94. The highest BCUT2D eigenvalue weighted by Gasteiger charge is 2.45. The van der Waals surface area contributed by atoms with E-state index >= 15 is 0 Å². The van der Waals surface area contributed by atoms with Gasteiger partial charge in [0.15, 0.2) is 4.75 Å². The minimum absolute atomic E-state index is 0.329. The Hall–Kier alpha value is -1.98. The lowest BCUT2D eigenvalue weighted by Gasteiger charge is -2.31. The number of benzene rings is 2. The monoisotopic (exact) mass is 346 g/mol. The summed E-state index contributed by atoms with van der Waals surface area (Å²) in [6.45, 7) is 3.49. The number of aryl methyl sites for hydroxylation is 1. The Morgan fingerprint density at radius 1 is 1.26 bits per heavy atom. The topological polar surface area (TPSA) is 58.2 Å². The molecule has 2 aromatic rings. The maximum Gasteiger partial charge on any atom is 0.250 e. The van der Waals surface area contributed by atoms with Crippen molar-refractivity contribution in [1.29, 1.82) is 0 Å². The van der Waals surface area contributed by atoms with Crippen molar-refractivity contribution in [2.75, 3.05) is 10.6 Å². The summed E-state index contributed by atoms with van der Waals surface area (Å²) in [6, 6.07) is 12.7. The number of hydrogen-bond donors (Lipinski definition) is 2. The molecule has 0 fully saturated rings. The van der Waals surface area contributed by atoms with Gasteiger partial charge in [-0.1, -0.05) is 35.5 Å². The van der Waals surface area contributed by atoms with Crippen LogP contribution < -0.4 is 10.6 Å². The van der Waals surface area contributed by atoms with Gasteiger partial charge < -0.3 is 10.6 Å². The Labute approximate surface area is 143 Å². The van der Waals surface area contributed by atoms with E-state index in [1.807, 2.05) is 31.2 Å². The summed E-state index contributed by atoms with van der Waals surface area (Å²) in [5.74, 6) is -0.694. The fourth-order valence-electron chi connectivity index (χ4n) is 2.29. The number of thioether (sulfide) groups is 1. The number of fused-ring (bicyclic) bond motifs is 1. The van der Waals surface area contributed by atoms with Gasteiger partial charge in [0.05, 0.1) is 5.69 Å². The molecule has 0 saturated heterocycles. The molecule has 6 heteroatoms. The van der Waals surface area contributed by atoms with Crippen molar-refractivity contribution in [2.45, 2.75) is 23.5 Å². The van der Waals surface area contributed by atoms with Crippen LogP contribution in [0.2, 0.25) is 5.02 Å². The number of carbonyl (C=O) groups excluding carboxylic acids is 2. The summed E-state index contributed by atoms with van der Waals surface area (Å²) in [4.78, 5) is 26.0. The first-order valence-corrected chi connectivity index (χ1v) is 8.27. The molecule has 0 spiro atoms. The molecule has 4 nitrogen and oxygen atoms in total. The summed E-state index contributed by atoms with van der Waals surface area (Å²) in [6.07, 6.45) is 0. The molecule has 0 radical (unpaired) electrons. The number of hydrogen-bond acceptors (Lipinski definition) is 3. The van der Waals surface area contributed by atoms with Crippen LogP contribution in [0, 0.1) is 6.92 Å². The lowest BCUT2D eigenvalue weighted by atomic mass is 10.1. The van der Waals surface area contributed by atoms with Gasteiger partial charge in [-0.05, 0) is 49.7 Å². The second-order valence-corrected chi connectivity index (χ2v) is 7.37. The first kappa shape index (κ1) is 15.9. The minimum Gasteiger partial charge on any atom is -0.324 e. The van der Waals surface area contributed by atoms with Gasteiger partial charge in [-0.25, -0.2) is 0 Å². The predicted molar refractivity (Wildman–Crippen MR) is 94.2 cm³/mol. The Kier molecular flexibility index (Phi) is 4.08. The standard InChI is InChI=1S/C17H15ClN2O2S/c1-10-9-11(7-8-12(10)18)19-15(21)17(2)16(22)20-13-5-3-4-6-14(13)23-17/h3-9H,1-2H3,(H,19,21)(H,20,22). The molecule has 2 amide bonds. The van der Waals surface area contributed by atoms with Crippen molar-refractivity contribution in [2.24, 2.45) is 0 Å². The SMILES string of the molecule is Cc1cc(NC(=O)C2(C)Sc3ccccc3NC2=O)ccc1Cl. The summed E-state index contributed by atoms with van der Waals surface area (Å²) in [5.41, 5.74) is 2.21. The Morgan fingerprint density at radius 2 is 2.00 bits per heavy atom. The molecule has 1 aliphatic heterocycles. The van der Waals surface area contributed by atoms with Crippen LogP contribution in [0.3, 0.4) is 0 Å². The van der Waals surface area contributed by atoms with Crippen LogP contribution in [0.15, 0.2) is 47.4 Å². The summed E-state index contributed by atoms with van der Waals surface area (Å²) in [7, 11) is 0. The van der Waals surface area contributed by atoms with Crippen LogP contribution in [0.1, 0.15) is 12.5 Å². The molecule has 1 unspecified atom stereocenters. The van der Waals surface area contributed by atoms with Crippen molar-refractivity contribution in [1.82, 2.24) is 0 Å². The smallest absolute Gasteiger partial charge is 0.250 e. The average molecular weight is 347 g/mol. The molecule has 3 rings (SSSR count). The van der Waals surface area contributed by atoms with Gasteiger partial charge >= 0.3 is 0 Å². The van der Waals surface area contributed by atoms with Crippen LogP contribution in [0.5, 0.6) is 0 Å². The largest absolute Gasteiger partial charge is 0.324 e. The van der Waals surface area contributed by atoms with E-state index in [1.54, 1.807) is 25.1 Å². The Bertz CT molecular complexity index is 809. The Morgan fingerprint density at radius 3 is 2.74 bits per heavy atom. The summed E-state index contributed by atoms with van der Waals surface area (Å²) in [5, 5.41) is 6.23. The molecule has 0 aliphatic carbocycles. The maximum absolute atomic E-state index is 12.7. The number of rotatable bonds is 2. The van der Waals surface area contributed by atoms with Crippen molar-refractivity contribution in [3.8, 4) is 0 Å². The normalized spacial score (nSPS) is 19.7. The van der Waals surface area contributed by atoms with Crippen molar-refractivity contribution in [3.05, 3.63) is 53.1 Å². The molecule has 1 atom stereocenters. The van der Waals surface area contributed by atoms with Crippen molar-refractivity contribution < 1.29 is 9.59 Å². The summed E-state index contributed by atoms with van der Waals surface area (Å²) >= 11 is 7.24. The van der Waals surface area contributed by atoms with Gasteiger partial charge in [0.2, 0.25) is 11.8 Å². The summed E-state index contributed by atoms with van der Waals surface area (Å²) < 4.78 is -1.23. The van der Waals surface area contributed by atoms with Gasteiger partial charge in [-0.15, -0.1) is 0 Å². The van der Waals surface area contributed by atoms with Gasteiger partial charge in [0.25, 0.3) is 0 Å². The van der Waals surface area contributed by atoms with Crippen molar-refractivity contribution >= 4 is 46.6 Å². The minimum atomic E-state index is -1.23. The van der Waals surface area contributed by atoms with E-state index in [-0.39, 0.29) is 11.8 Å². The number of anilines is 2. The highest BCUT2D eigenvalue weighted by molar-refractivity contribution is 8.02. The molecule has 23 heavy (non-hydrogen) atoms. The lowest BCUT2D eigenvalue weighted by molar-refractivity contribution is -0.126. The average Bonchev–Trinajstić information content (AvgIpc) is 2.52. The van der Waals surface area contributed by atoms with Crippen LogP contribution in [-0.2, 0) is 9.59 Å². The number of carbonyl (C=O) groups is 2. The molecule has 118 valence electrons. The molecule has 2 N–H and O–H groups in total. The second kappa shape index (κ2) is 5.91. The maximum atomic E-state index is 12.7. The van der Waals surface area contributed by atoms with Gasteiger partial charge in [0.1, 0.15) is 0 Å². The molecule has 0 aromatic heterocycles. The van der Waals surface area contributed by atoms with Crippen LogP contribution in [0.25, 0.3) is 0 Å². The van der Waals surface area contributed by atoms with E-state index < -0.39 is 4.75 Å². The van der Waals surface area contributed by atoms with E-state index in [1.165, 1.54) is 11.8 Å². The zero-order chi connectivity index (χ0) is 16.6. The first-order valence-electron chi connectivity index (χ1n) is 7.07. The number of amides is 2. The van der Waals surface area contributed by atoms with Gasteiger partial charge in [-0.3, -0.25) is 9.59 Å². The molecule has 0 bridgehead atoms. The molecule has 0 saturated carbocycles. The van der Waals surface area contributed by atoms with Crippen LogP contribution in [-0.4, -0.2) is 16.6 Å². The third-order valence-electron chi connectivity index (χ3n) is 3.73. The van der Waals surface area contributed by atoms with Gasteiger partial charge in [0, 0.05) is 15.6 Å². The molecular weight excluding hydrogens is 332 g/mol. The molecular formula is C17H15ClN2O2S. The fourth-order valence-corrected chi connectivity index (χ4v) is 3.51. The van der Waals surface area contributed by atoms with Crippen molar-refractivity contribution in [3.63, 3.8) is 0 Å². The number of nitrogens with one attached hydrogen (secondary N) is 2. The van der Waals surface area contributed by atoms with E-state index in [2.05, 4.69) is 10.6 Å². The zero-order valence-electron chi connectivity index (χ0n) is 12.6. The van der Waals surface area contributed by atoms with Gasteiger partial charge in [-0.2, -0.15) is 0 Å². The number of halogens is 1. The Balaban J connectivity index is 1.86. The third-order valence-corrected chi connectivity index (χ3v) is 5.51. The van der Waals surface area contributed by atoms with E-state index in [0.717, 1.165) is 16.1 Å². The molecule has 2 aromatic carbocycles. The highest BCUT2D eigenvalue weighted by Crippen LogP contribution is 2.42. The zero-order valence-corrected chi connectivity index (χ0v) is 14.2. The van der Waals surface area contributed by atoms with E-state index in [4.69, 9.17) is 11.6 Å². The number of para-hydroxylation sites is 1. The van der Waals surface area contributed by atoms with E-state index in [9.17, 15) is 9.59 Å². The molecule has 1 aliphatic rings. The lowest BCUT2D eigenvalue weighted by Crippen LogP contribution is -2.49. The quantitative estimate of drug-likeness (QED) is 0.805. The van der Waals surface area contributed by atoms with E-state index in [0.29, 0.717) is 10.7 Å². The van der Waals surface area contributed by atoms with Crippen LogP contribution in [0.4, 0.5) is 11.4 Å². The fraction of sp³-hybridized carbons (Fsp3) is 0.176. The second-order valence-electron chi connectivity index (χ2n) is 5.50.